The fourth-order valence-electron chi connectivity index (χ4n) is 0.792. The molecule has 1 N–H and O–H groups in total. The molecule has 0 unspecified atom stereocenters. The molecular weight excluding hydrogens is 255 g/mol. The second kappa shape index (κ2) is 5.78. The summed E-state index contributed by atoms with van der Waals surface area (Å²) in [6.07, 6.45) is 0. The third kappa shape index (κ3) is 3.71. The van der Waals surface area contributed by atoms with Crippen LogP contribution in [0.2, 0.25) is 0 Å². The number of hydrogen-bond donors (Lipinski definition) is 1. The molecule has 0 aliphatic heterocycles. The van der Waals surface area contributed by atoms with Gasteiger partial charge in [-0.15, -0.1) is 4.24 Å². The standard InChI is InChI=1S/C6H5ClN2O4S.Na/c7-8-14(12,13)6-3-1-5(2-4-6)9(10)11;/h1-4,8H;. The van der Waals surface area contributed by atoms with Crippen LogP contribution in [0.3, 0.4) is 0 Å². The van der Waals surface area contributed by atoms with Gasteiger partial charge >= 0.3 is 0 Å². The van der Waals surface area contributed by atoms with E-state index in [0.717, 1.165) is 24.3 Å². The van der Waals surface area contributed by atoms with Crippen LogP contribution in [0.25, 0.3) is 0 Å². The van der Waals surface area contributed by atoms with Gasteiger partial charge in [-0.25, -0.2) is 8.42 Å². The Kier molecular flexibility index (Phi) is 5.71. The third-order valence-electron chi connectivity index (χ3n) is 1.46. The van der Waals surface area contributed by atoms with Crippen molar-refractivity contribution in [1.82, 2.24) is 4.24 Å². The molecule has 1 rings (SSSR count). The molecule has 0 atom stereocenters. The van der Waals surface area contributed by atoms with Gasteiger partial charge in [0.2, 0.25) is 0 Å². The van der Waals surface area contributed by atoms with Gasteiger partial charge in [0.15, 0.2) is 0 Å². The minimum absolute atomic E-state index is 0. The van der Waals surface area contributed by atoms with Crippen molar-refractivity contribution in [3.63, 3.8) is 0 Å². The first kappa shape index (κ1) is 14.8. The van der Waals surface area contributed by atoms with Gasteiger partial charge in [0.05, 0.1) is 9.82 Å². The number of nitro groups is 1. The maximum atomic E-state index is 11.1. The Balaban J connectivity index is 0.00000196. The molecule has 0 bridgehead atoms. The van der Waals surface area contributed by atoms with Crippen molar-refractivity contribution in [2.75, 3.05) is 0 Å². The van der Waals surface area contributed by atoms with Crippen LogP contribution < -0.4 is 4.24 Å². The van der Waals surface area contributed by atoms with E-state index in [2.05, 4.69) is 0 Å². The monoisotopic (exact) mass is 259 g/mol. The molecule has 0 saturated carbocycles. The molecule has 1 radical (unpaired) electrons. The maximum Gasteiger partial charge on any atom is 0.269 e. The van der Waals surface area contributed by atoms with E-state index in [4.69, 9.17) is 11.8 Å². The van der Waals surface area contributed by atoms with E-state index in [0.29, 0.717) is 0 Å². The Bertz CT molecular complexity index is 447. The number of nitrogens with one attached hydrogen (secondary N) is 1. The number of non-ortho nitro benzene ring substituents is 1. The molecule has 0 spiro atoms. The first-order valence-corrected chi connectivity index (χ1v) is 5.20. The Morgan fingerprint density at radius 3 is 2.07 bits per heavy atom. The van der Waals surface area contributed by atoms with Gasteiger partial charge in [0, 0.05) is 41.7 Å². The van der Waals surface area contributed by atoms with Gasteiger partial charge in [0.25, 0.3) is 15.7 Å². The molecule has 9 heteroatoms. The van der Waals surface area contributed by atoms with Crippen molar-refractivity contribution in [3.8, 4) is 0 Å². The number of nitrogens with zero attached hydrogens (tertiary/aromatic N) is 1. The van der Waals surface area contributed by atoms with Crippen molar-refractivity contribution >= 4 is 57.0 Å². The summed E-state index contributed by atoms with van der Waals surface area (Å²) in [7, 11) is -3.75. The topological polar surface area (TPSA) is 89.3 Å². The molecule has 0 saturated heterocycles. The van der Waals surface area contributed by atoms with Gasteiger partial charge in [-0.1, -0.05) is 0 Å². The molecule has 0 fully saturated rings. The summed E-state index contributed by atoms with van der Waals surface area (Å²) in [5.41, 5.74) is -0.182. The number of hydrogen-bond acceptors (Lipinski definition) is 4. The van der Waals surface area contributed by atoms with Gasteiger partial charge < -0.3 is 0 Å². The predicted octanol–water partition coefficient (Wildman–Crippen LogP) is 0.646. The molecule has 15 heavy (non-hydrogen) atoms. The van der Waals surface area contributed by atoms with Crippen molar-refractivity contribution in [2.24, 2.45) is 0 Å². The van der Waals surface area contributed by atoms with E-state index >= 15 is 0 Å². The van der Waals surface area contributed by atoms with E-state index < -0.39 is 14.9 Å². The number of benzene rings is 1. The van der Waals surface area contributed by atoms with E-state index in [-0.39, 0.29) is 40.1 Å². The first-order chi connectivity index (χ1) is 6.47. The average Bonchev–Trinajstić information content (AvgIpc) is 2.18. The normalized spacial score (nSPS) is 10.5. The zero-order valence-electron chi connectivity index (χ0n) is 7.68. The van der Waals surface area contributed by atoms with E-state index in [9.17, 15) is 18.5 Å². The zero-order valence-corrected chi connectivity index (χ0v) is 11.2. The fraction of sp³-hybridized carbons (Fsp3) is 0. The SMILES string of the molecule is O=[N+]([O-])c1ccc(S(=O)(=O)NCl)cc1.[Na]. The van der Waals surface area contributed by atoms with Crippen LogP contribution in [0.5, 0.6) is 0 Å². The molecule has 0 aromatic heterocycles. The van der Waals surface area contributed by atoms with Crippen LogP contribution >= 0.6 is 11.8 Å². The fourth-order valence-corrected chi connectivity index (χ4v) is 1.64. The van der Waals surface area contributed by atoms with Gasteiger partial charge in [-0.2, -0.15) is 0 Å². The summed E-state index contributed by atoms with van der Waals surface area (Å²) in [4.78, 5) is 9.50. The summed E-state index contributed by atoms with van der Waals surface area (Å²) in [6.45, 7) is 0. The molecule has 0 aliphatic rings. The summed E-state index contributed by atoms with van der Waals surface area (Å²) in [6, 6.07) is 4.37. The van der Waals surface area contributed by atoms with Crippen LogP contribution in [0.1, 0.15) is 0 Å². The van der Waals surface area contributed by atoms with E-state index in [1.807, 2.05) is 0 Å². The molecule has 1 aromatic rings. The number of nitro benzene ring substituents is 1. The zero-order chi connectivity index (χ0) is 10.8. The average molecular weight is 260 g/mol. The summed E-state index contributed by atoms with van der Waals surface area (Å²) in [5, 5.41) is 10.2. The second-order valence-electron chi connectivity index (χ2n) is 2.33. The van der Waals surface area contributed by atoms with Gasteiger partial charge in [-0.3, -0.25) is 10.1 Å². The minimum atomic E-state index is -3.75. The van der Waals surface area contributed by atoms with Gasteiger partial charge in [0.1, 0.15) is 0 Å². The Morgan fingerprint density at radius 1 is 1.27 bits per heavy atom. The summed E-state index contributed by atoms with van der Waals surface area (Å²) >= 11 is 4.96. The van der Waals surface area contributed by atoms with Crippen molar-refractivity contribution in [3.05, 3.63) is 34.4 Å². The molecule has 6 nitrogen and oxygen atoms in total. The number of halogens is 1. The molecule has 0 amide bonds. The van der Waals surface area contributed by atoms with Crippen LogP contribution in [0.4, 0.5) is 5.69 Å². The van der Waals surface area contributed by atoms with Crippen LogP contribution in [-0.4, -0.2) is 42.9 Å². The first-order valence-electron chi connectivity index (χ1n) is 3.34. The maximum absolute atomic E-state index is 11.1. The molecule has 1 aromatic carbocycles. The minimum Gasteiger partial charge on any atom is -0.258 e. The summed E-state index contributed by atoms with van der Waals surface area (Å²) < 4.78 is 23.7. The molecule has 0 heterocycles. The molecule has 77 valence electrons. The van der Waals surface area contributed by atoms with Gasteiger partial charge in [-0.05, 0) is 23.9 Å². The van der Waals surface area contributed by atoms with Crippen molar-refractivity contribution in [1.29, 1.82) is 0 Å². The Morgan fingerprint density at radius 2 is 1.73 bits per heavy atom. The molecule has 0 aliphatic carbocycles. The van der Waals surface area contributed by atoms with E-state index in [1.54, 1.807) is 4.24 Å². The van der Waals surface area contributed by atoms with E-state index in [1.165, 1.54) is 0 Å². The number of rotatable bonds is 3. The predicted molar refractivity (Wildman–Crippen MR) is 55.0 cm³/mol. The Labute approximate surface area is 113 Å². The summed E-state index contributed by atoms with van der Waals surface area (Å²) in [5.74, 6) is 0. The number of sulfonamides is 1. The molecular formula is C6H5ClN2NaO4S. The van der Waals surface area contributed by atoms with Crippen molar-refractivity contribution in [2.45, 2.75) is 4.90 Å². The van der Waals surface area contributed by atoms with Crippen LogP contribution in [0.15, 0.2) is 29.2 Å². The van der Waals surface area contributed by atoms with Crippen molar-refractivity contribution < 1.29 is 13.3 Å². The van der Waals surface area contributed by atoms with Crippen LogP contribution in [-0.2, 0) is 10.0 Å². The largest absolute Gasteiger partial charge is 0.269 e. The smallest absolute Gasteiger partial charge is 0.258 e. The second-order valence-corrected chi connectivity index (χ2v) is 4.43. The third-order valence-corrected chi connectivity index (χ3v) is 3.16. The Hall–Kier alpha value is -0.180. The quantitative estimate of drug-likeness (QED) is 0.373. The van der Waals surface area contributed by atoms with Crippen LogP contribution in [0, 0.1) is 10.1 Å².